The summed E-state index contributed by atoms with van der Waals surface area (Å²) in [4.78, 5) is 26.7. The molecular formula is C8H14Cl3O5P. The van der Waals surface area contributed by atoms with Gasteiger partial charge in [-0.3, -0.25) is 9.32 Å². The number of hydrogen-bond donors (Lipinski definition) is 2. The second kappa shape index (κ2) is 7.95. The van der Waals surface area contributed by atoms with Crippen molar-refractivity contribution in [2.45, 2.75) is 35.9 Å². The highest BCUT2D eigenvalue weighted by Gasteiger charge is 2.25. The van der Waals surface area contributed by atoms with E-state index >= 15 is 0 Å². The molecule has 0 spiro atoms. The predicted octanol–water partition coefficient (Wildman–Crippen LogP) is 2.99. The van der Waals surface area contributed by atoms with Crippen LogP contribution in [0.25, 0.3) is 0 Å². The number of rotatable bonds is 2. The minimum absolute atomic E-state index is 0.464. The Bertz CT molecular complexity index is 277. The Morgan fingerprint density at radius 3 is 1.82 bits per heavy atom. The second-order valence-corrected chi connectivity index (χ2v) is 7.23. The van der Waals surface area contributed by atoms with Crippen molar-refractivity contribution in [1.29, 1.82) is 0 Å². The van der Waals surface area contributed by atoms with Crippen LogP contribution in [0.2, 0.25) is 0 Å². The molecule has 0 amide bonds. The fraction of sp³-hybridized carbons (Fsp3) is 0.875. The third kappa shape index (κ3) is 14.6. The summed E-state index contributed by atoms with van der Waals surface area (Å²) in [7, 11) is -4.52. The summed E-state index contributed by atoms with van der Waals surface area (Å²) in [6, 6.07) is 0. The molecule has 9 heteroatoms. The van der Waals surface area contributed by atoms with E-state index in [1.807, 2.05) is 0 Å². The van der Waals surface area contributed by atoms with Crippen molar-refractivity contribution in [2.75, 3.05) is 6.61 Å². The van der Waals surface area contributed by atoms with E-state index in [-0.39, 0.29) is 0 Å². The molecule has 5 nitrogen and oxygen atoms in total. The molecule has 1 saturated carbocycles. The lowest BCUT2D eigenvalue weighted by molar-refractivity contribution is -0.120. The summed E-state index contributed by atoms with van der Waals surface area (Å²) in [5, 5.41) is 0. The maximum Gasteiger partial charge on any atom is 0.469 e. The van der Waals surface area contributed by atoms with Gasteiger partial charge in [0.25, 0.3) is 0 Å². The van der Waals surface area contributed by atoms with E-state index in [9.17, 15) is 9.36 Å². The van der Waals surface area contributed by atoms with E-state index in [0.29, 0.717) is 5.78 Å². The molecule has 0 radical (unpaired) electrons. The number of Topliss-reactive ketones (excluding diaryl/α,β-unsaturated/α-hetero) is 1. The minimum atomic E-state index is -4.52. The molecule has 0 unspecified atom stereocenters. The Morgan fingerprint density at radius 2 is 1.65 bits per heavy atom. The van der Waals surface area contributed by atoms with Gasteiger partial charge in [0, 0.05) is 12.8 Å². The van der Waals surface area contributed by atoms with Gasteiger partial charge in [0.15, 0.2) is 0 Å². The number of phosphoric acid groups is 1. The van der Waals surface area contributed by atoms with Crippen LogP contribution in [-0.4, -0.2) is 26.0 Å². The number of carbonyl (C=O) groups is 1. The summed E-state index contributed by atoms with van der Waals surface area (Å²) >= 11 is 15.3. The number of halogens is 3. The van der Waals surface area contributed by atoms with Crippen LogP contribution in [0.4, 0.5) is 0 Å². The van der Waals surface area contributed by atoms with E-state index in [4.69, 9.17) is 44.6 Å². The fourth-order valence-electron chi connectivity index (χ4n) is 1.10. The molecule has 0 aromatic carbocycles. The molecule has 102 valence electrons. The van der Waals surface area contributed by atoms with Crippen LogP contribution in [0.1, 0.15) is 32.1 Å². The summed E-state index contributed by atoms with van der Waals surface area (Å²) in [5.41, 5.74) is 0. The molecule has 1 aliphatic rings. The minimum Gasteiger partial charge on any atom is -0.303 e. The quantitative estimate of drug-likeness (QED) is 0.602. The predicted molar refractivity (Wildman–Crippen MR) is 66.4 cm³/mol. The van der Waals surface area contributed by atoms with Gasteiger partial charge in [-0.25, -0.2) is 4.57 Å². The summed E-state index contributed by atoms with van der Waals surface area (Å²) in [6.45, 7) is -0.637. The van der Waals surface area contributed by atoms with Gasteiger partial charge < -0.3 is 9.79 Å². The average molecular weight is 328 g/mol. The largest absolute Gasteiger partial charge is 0.469 e. The van der Waals surface area contributed by atoms with Crippen LogP contribution >= 0.6 is 42.6 Å². The molecule has 1 rings (SSSR count). The van der Waals surface area contributed by atoms with Crippen molar-refractivity contribution in [2.24, 2.45) is 0 Å². The summed E-state index contributed by atoms with van der Waals surface area (Å²) in [5.74, 6) is 0.464. The van der Waals surface area contributed by atoms with E-state index in [2.05, 4.69) is 4.52 Å². The van der Waals surface area contributed by atoms with Gasteiger partial charge in [-0.2, -0.15) is 0 Å². The van der Waals surface area contributed by atoms with Gasteiger partial charge in [-0.05, 0) is 12.8 Å². The molecule has 0 atom stereocenters. The lowest BCUT2D eigenvalue weighted by Gasteiger charge is -2.10. The van der Waals surface area contributed by atoms with E-state index in [1.165, 1.54) is 6.42 Å². The Hall–Kier alpha value is 0.650. The molecular weight excluding hydrogens is 313 g/mol. The van der Waals surface area contributed by atoms with Gasteiger partial charge in [0.1, 0.15) is 12.4 Å². The Morgan fingerprint density at radius 1 is 1.18 bits per heavy atom. The normalized spacial score (nSPS) is 17.4. The number of carbonyl (C=O) groups excluding carboxylic acids is 1. The molecule has 0 heterocycles. The first kappa shape index (κ1) is 17.6. The SMILES string of the molecule is O=C1CCCCC1.O=P(O)(O)OCC(Cl)(Cl)Cl. The summed E-state index contributed by atoms with van der Waals surface area (Å²) in [6.07, 6.45) is 5.24. The number of alkyl halides is 3. The average Bonchev–Trinajstić information content (AvgIpc) is 2.15. The van der Waals surface area contributed by atoms with Gasteiger partial charge in [0.2, 0.25) is 3.79 Å². The molecule has 1 aliphatic carbocycles. The van der Waals surface area contributed by atoms with Crippen molar-refractivity contribution in [3.63, 3.8) is 0 Å². The van der Waals surface area contributed by atoms with Crippen molar-refractivity contribution < 1.29 is 23.7 Å². The van der Waals surface area contributed by atoms with E-state index < -0.39 is 18.2 Å². The highest BCUT2D eigenvalue weighted by molar-refractivity contribution is 7.46. The van der Waals surface area contributed by atoms with Crippen LogP contribution in [-0.2, 0) is 13.9 Å². The Labute approximate surface area is 115 Å². The fourth-order valence-corrected chi connectivity index (χ4v) is 1.86. The first-order valence-electron chi connectivity index (χ1n) is 4.89. The van der Waals surface area contributed by atoms with Crippen LogP contribution in [0, 0.1) is 0 Å². The standard InChI is InChI=1S/C6H10O.C2H4Cl3O4P/c7-6-4-2-1-3-5-6;3-2(4,5)1-9-10(6,7)8/h1-5H2;1H2,(H2,6,7,8). The van der Waals surface area contributed by atoms with E-state index in [1.54, 1.807) is 0 Å². The zero-order valence-corrected chi connectivity index (χ0v) is 12.1. The smallest absolute Gasteiger partial charge is 0.303 e. The molecule has 2 N–H and O–H groups in total. The molecule has 0 saturated heterocycles. The maximum absolute atomic E-state index is 10.5. The summed E-state index contributed by atoms with van der Waals surface area (Å²) < 4.78 is 12.0. The number of ketones is 1. The first-order chi connectivity index (χ1) is 7.60. The number of phosphoric ester groups is 1. The van der Waals surface area contributed by atoms with Gasteiger partial charge in [-0.1, -0.05) is 41.2 Å². The van der Waals surface area contributed by atoms with Crippen LogP contribution in [0.15, 0.2) is 0 Å². The lowest BCUT2D eigenvalue weighted by Crippen LogP contribution is -2.11. The highest BCUT2D eigenvalue weighted by atomic mass is 35.6. The third-order valence-electron chi connectivity index (χ3n) is 1.81. The van der Waals surface area contributed by atoms with Crippen molar-refractivity contribution in [3.8, 4) is 0 Å². The van der Waals surface area contributed by atoms with Crippen molar-refractivity contribution in [3.05, 3.63) is 0 Å². The molecule has 17 heavy (non-hydrogen) atoms. The molecule has 1 fully saturated rings. The molecule has 0 bridgehead atoms. The van der Waals surface area contributed by atoms with Crippen molar-refractivity contribution >= 4 is 48.4 Å². The third-order valence-corrected chi connectivity index (χ3v) is 2.60. The molecule has 0 aromatic heterocycles. The van der Waals surface area contributed by atoms with Gasteiger partial charge in [-0.15, -0.1) is 0 Å². The highest BCUT2D eigenvalue weighted by Crippen LogP contribution is 2.39. The van der Waals surface area contributed by atoms with Gasteiger partial charge >= 0.3 is 7.82 Å². The monoisotopic (exact) mass is 326 g/mol. The van der Waals surface area contributed by atoms with Gasteiger partial charge in [0.05, 0.1) is 0 Å². The van der Waals surface area contributed by atoms with Crippen LogP contribution < -0.4 is 0 Å². The topological polar surface area (TPSA) is 83.8 Å². The zero-order chi connectivity index (χ0) is 13.5. The van der Waals surface area contributed by atoms with Crippen LogP contribution in [0.3, 0.4) is 0 Å². The number of hydrogen-bond acceptors (Lipinski definition) is 3. The maximum atomic E-state index is 10.5. The molecule has 0 aliphatic heterocycles. The Kier molecular flexibility index (Phi) is 8.25. The molecule has 0 aromatic rings. The first-order valence-corrected chi connectivity index (χ1v) is 7.55. The lowest BCUT2D eigenvalue weighted by atomic mass is 10.00. The van der Waals surface area contributed by atoms with Crippen molar-refractivity contribution in [1.82, 2.24) is 0 Å². The zero-order valence-electron chi connectivity index (χ0n) is 8.94. The Balaban J connectivity index is 0.000000318. The second-order valence-electron chi connectivity index (χ2n) is 3.48. The van der Waals surface area contributed by atoms with E-state index in [0.717, 1.165) is 25.7 Å². The van der Waals surface area contributed by atoms with Crippen LogP contribution in [0.5, 0.6) is 0 Å².